The van der Waals surface area contributed by atoms with Crippen molar-refractivity contribution in [3.05, 3.63) is 71.8 Å². The molecule has 3 rings (SSSR count). The van der Waals surface area contributed by atoms with Crippen molar-refractivity contribution in [1.82, 2.24) is 0 Å². The number of benzene rings is 2. The molecule has 0 N–H and O–H groups in total. The van der Waals surface area contributed by atoms with Crippen molar-refractivity contribution in [3.8, 4) is 11.5 Å². The fraction of sp³-hybridized carbons (Fsp3) is 0.486. The molecule has 1 saturated carbocycles. The van der Waals surface area contributed by atoms with Gasteiger partial charge in [-0.3, -0.25) is 4.79 Å². The van der Waals surface area contributed by atoms with Crippen LogP contribution in [-0.2, 0) is 14.3 Å². The molecule has 0 radical (unpaired) electrons. The van der Waals surface area contributed by atoms with Gasteiger partial charge in [0.1, 0.15) is 23.9 Å². The van der Waals surface area contributed by atoms with E-state index in [9.17, 15) is 14.4 Å². The zero-order valence-electron chi connectivity index (χ0n) is 26.8. The minimum atomic E-state index is -0.676. The molecule has 7 nitrogen and oxygen atoms in total. The second-order valence-corrected chi connectivity index (χ2v) is 9.28. The minimum Gasteiger partial charge on any atom is -0.465 e. The Kier molecular flexibility index (Phi) is 25.2. The number of aryl methyl sites for hydroxylation is 1. The lowest BCUT2D eigenvalue weighted by Gasteiger charge is -2.20. The third-order valence-electron chi connectivity index (χ3n) is 5.96. The van der Waals surface area contributed by atoms with Crippen LogP contribution in [0.15, 0.2) is 55.1 Å². The molecule has 42 heavy (non-hydrogen) atoms. The molecule has 0 heterocycles. The summed E-state index contributed by atoms with van der Waals surface area (Å²) in [6.07, 6.45) is 12.0. The van der Waals surface area contributed by atoms with E-state index >= 15 is 0 Å². The van der Waals surface area contributed by atoms with Gasteiger partial charge in [-0.15, -0.1) is 6.58 Å². The van der Waals surface area contributed by atoms with Crippen LogP contribution in [0.4, 0.5) is 0 Å². The average molecular weight is 585 g/mol. The first-order valence-corrected chi connectivity index (χ1v) is 14.9. The van der Waals surface area contributed by atoms with E-state index in [0.29, 0.717) is 5.56 Å². The predicted molar refractivity (Wildman–Crippen MR) is 170 cm³/mol. The van der Waals surface area contributed by atoms with E-state index in [4.69, 9.17) is 19.0 Å². The third kappa shape index (κ3) is 16.5. The van der Waals surface area contributed by atoms with Gasteiger partial charge < -0.3 is 19.0 Å². The van der Waals surface area contributed by atoms with Crippen LogP contribution >= 0.6 is 0 Å². The van der Waals surface area contributed by atoms with Crippen molar-refractivity contribution in [2.24, 2.45) is 5.92 Å². The zero-order chi connectivity index (χ0) is 32.3. The SMILES string of the molecule is C=CC.C=O.CC.CCCCCC.COC(=O)c1cc(OC(=O)c2ccc(C)cc2)ccc1OC(=O)C1CCCCC1. The lowest BCUT2D eigenvalue weighted by Crippen LogP contribution is -2.23. The summed E-state index contributed by atoms with van der Waals surface area (Å²) >= 11 is 0. The lowest BCUT2D eigenvalue weighted by molar-refractivity contribution is -0.140. The second kappa shape index (κ2) is 26.2. The van der Waals surface area contributed by atoms with Crippen molar-refractivity contribution < 1.29 is 33.4 Å². The van der Waals surface area contributed by atoms with Crippen LogP contribution in [0.1, 0.15) is 119 Å². The largest absolute Gasteiger partial charge is 0.465 e. The number of carbonyl (C=O) groups is 4. The number of ether oxygens (including phenoxy) is 3. The van der Waals surface area contributed by atoms with E-state index in [1.165, 1.54) is 51.0 Å². The number of esters is 3. The molecule has 0 amide bonds. The Morgan fingerprint density at radius 3 is 1.86 bits per heavy atom. The summed E-state index contributed by atoms with van der Waals surface area (Å²) in [6, 6.07) is 11.2. The quantitative estimate of drug-likeness (QED) is 0.132. The first-order valence-electron chi connectivity index (χ1n) is 14.9. The van der Waals surface area contributed by atoms with E-state index in [1.54, 1.807) is 18.2 Å². The van der Waals surface area contributed by atoms with Crippen molar-refractivity contribution in [1.29, 1.82) is 0 Å². The van der Waals surface area contributed by atoms with Crippen molar-refractivity contribution in [3.63, 3.8) is 0 Å². The maximum Gasteiger partial charge on any atom is 0.343 e. The van der Waals surface area contributed by atoms with Crippen LogP contribution in [0, 0.1) is 12.8 Å². The van der Waals surface area contributed by atoms with Gasteiger partial charge in [0.25, 0.3) is 0 Å². The molecule has 1 aliphatic rings. The van der Waals surface area contributed by atoms with Gasteiger partial charge in [0.15, 0.2) is 0 Å². The van der Waals surface area contributed by atoms with Crippen LogP contribution in [-0.4, -0.2) is 31.8 Å². The fourth-order valence-corrected chi connectivity index (χ4v) is 3.82. The zero-order valence-corrected chi connectivity index (χ0v) is 26.8. The number of allylic oxidation sites excluding steroid dienone is 1. The van der Waals surface area contributed by atoms with E-state index in [1.807, 2.05) is 46.6 Å². The van der Waals surface area contributed by atoms with Gasteiger partial charge in [0, 0.05) is 0 Å². The van der Waals surface area contributed by atoms with Crippen LogP contribution in [0.5, 0.6) is 11.5 Å². The standard InChI is InChI=1S/C23H24O6.C6H14.C3H6.C2H6.CH2O/c1-15-8-10-17(11-9-15)21(24)28-18-12-13-20(19(14-18)23(26)27-2)29-22(25)16-6-4-3-5-7-16;1-3-5-6-4-2;1-3-2;2*1-2/h8-14,16H,3-7H2,1-2H3;3-6H2,1-2H3;3H,1H2,2H3;1-2H3;1H2. The number of unbranched alkanes of at least 4 members (excludes halogenated alkanes) is 3. The Bertz CT molecular complexity index is 1020. The van der Waals surface area contributed by atoms with E-state index in [0.717, 1.165) is 37.7 Å². The highest BCUT2D eigenvalue weighted by molar-refractivity contribution is 5.95. The molecule has 0 bridgehead atoms. The number of rotatable bonds is 8. The molecular formula is C35H52O7. The molecule has 2 aromatic carbocycles. The lowest BCUT2D eigenvalue weighted by atomic mass is 9.89. The average Bonchev–Trinajstić information content (AvgIpc) is 3.03. The highest BCUT2D eigenvalue weighted by atomic mass is 16.5. The van der Waals surface area contributed by atoms with Crippen LogP contribution in [0.3, 0.4) is 0 Å². The van der Waals surface area contributed by atoms with Gasteiger partial charge in [0.2, 0.25) is 0 Å². The summed E-state index contributed by atoms with van der Waals surface area (Å²) in [4.78, 5) is 45.0. The Hall–Kier alpha value is -3.74. The first-order chi connectivity index (χ1) is 20.3. The number of carbonyl (C=O) groups excluding carboxylic acids is 4. The van der Waals surface area contributed by atoms with E-state index in [2.05, 4.69) is 20.4 Å². The van der Waals surface area contributed by atoms with Gasteiger partial charge in [-0.05, 0) is 57.0 Å². The second-order valence-electron chi connectivity index (χ2n) is 9.28. The summed E-state index contributed by atoms with van der Waals surface area (Å²) in [6.45, 7) is 17.6. The van der Waals surface area contributed by atoms with Gasteiger partial charge in [0.05, 0.1) is 18.6 Å². The molecule has 7 heteroatoms. The molecule has 2 aromatic rings. The van der Waals surface area contributed by atoms with Gasteiger partial charge in [-0.1, -0.05) is 96.4 Å². The van der Waals surface area contributed by atoms with Gasteiger partial charge >= 0.3 is 17.9 Å². The van der Waals surface area contributed by atoms with Crippen molar-refractivity contribution in [2.45, 2.75) is 99.3 Å². The molecule has 0 saturated heterocycles. The molecule has 0 atom stereocenters. The van der Waals surface area contributed by atoms with E-state index < -0.39 is 11.9 Å². The summed E-state index contributed by atoms with van der Waals surface area (Å²) < 4.78 is 15.6. The smallest absolute Gasteiger partial charge is 0.343 e. The summed E-state index contributed by atoms with van der Waals surface area (Å²) in [5, 5.41) is 0. The highest BCUT2D eigenvalue weighted by Gasteiger charge is 2.25. The molecule has 234 valence electrons. The first kappa shape index (κ1) is 40.4. The van der Waals surface area contributed by atoms with E-state index in [-0.39, 0.29) is 28.9 Å². The number of methoxy groups -OCH3 is 1. The minimum absolute atomic E-state index is 0.0332. The molecule has 0 aromatic heterocycles. The molecule has 0 aliphatic heterocycles. The molecule has 1 fully saturated rings. The maximum absolute atomic E-state index is 12.4. The van der Waals surface area contributed by atoms with Crippen LogP contribution in [0.25, 0.3) is 0 Å². The van der Waals surface area contributed by atoms with Crippen LogP contribution < -0.4 is 9.47 Å². The topological polar surface area (TPSA) is 96.0 Å². The molecular weight excluding hydrogens is 532 g/mol. The Labute approximate surface area is 253 Å². The summed E-state index contributed by atoms with van der Waals surface area (Å²) in [7, 11) is 1.24. The fourth-order valence-electron chi connectivity index (χ4n) is 3.82. The molecule has 1 aliphatic carbocycles. The summed E-state index contributed by atoms with van der Waals surface area (Å²) in [5.74, 6) is -1.47. The normalized spacial score (nSPS) is 11.6. The van der Waals surface area contributed by atoms with Crippen molar-refractivity contribution >= 4 is 24.7 Å². The monoisotopic (exact) mass is 584 g/mol. The number of hydrogen-bond donors (Lipinski definition) is 0. The Morgan fingerprint density at radius 2 is 1.38 bits per heavy atom. The maximum atomic E-state index is 12.4. The third-order valence-corrected chi connectivity index (χ3v) is 5.96. The van der Waals surface area contributed by atoms with Crippen LogP contribution in [0.2, 0.25) is 0 Å². The number of hydrogen-bond acceptors (Lipinski definition) is 7. The Balaban J connectivity index is 0. The molecule has 0 unspecified atom stereocenters. The predicted octanol–water partition coefficient (Wildman–Crippen LogP) is 9.11. The van der Waals surface area contributed by atoms with Gasteiger partial charge in [-0.2, -0.15) is 0 Å². The van der Waals surface area contributed by atoms with Gasteiger partial charge in [-0.25, -0.2) is 9.59 Å². The molecule has 0 spiro atoms. The highest BCUT2D eigenvalue weighted by Crippen LogP contribution is 2.29. The Morgan fingerprint density at radius 1 is 0.857 bits per heavy atom. The summed E-state index contributed by atoms with van der Waals surface area (Å²) in [5.41, 5.74) is 1.45. The van der Waals surface area contributed by atoms with Crippen molar-refractivity contribution in [2.75, 3.05) is 7.11 Å².